The molecule has 1 fully saturated rings. The van der Waals surface area contributed by atoms with E-state index in [4.69, 9.17) is 15.0 Å². The number of aromatic nitrogens is 1. The van der Waals surface area contributed by atoms with Crippen LogP contribution in [0.15, 0.2) is 17.6 Å². The number of hydrogen-bond donors (Lipinski definition) is 2. The van der Waals surface area contributed by atoms with E-state index in [1.807, 2.05) is 52.8 Å². The van der Waals surface area contributed by atoms with Crippen LogP contribution >= 0.6 is 12.6 Å². The lowest BCUT2D eigenvalue weighted by atomic mass is 9.78. The second kappa shape index (κ2) is 5.67. The minimum absolute atomic E-state index is 0.370. The van der Waals surface area contributed by atoms with Crippen LogP contribution < -0.4 is 5.73 Å². The van der Waals surface area contributed by atoms with E-state index in [-0.39, 0.29) is 11.2 Å². The molecule has 2 rings (SSSR count). The minimum Gasteiger partial charge on any atom is -0.400 e. The van der Waals surface area contributed by atoms with Gasteiger partial charge in [0.15, 0.2) is 0 Å². The second-order valence-corrected chi connectivity index (χ2v) is 6.71. The molecule has 0 spiro atoms. The van der Waals surface area contributed by atoms with Crippen molar-refractivity contribution in [1.29, 1.82) is 0 Å². The van der Waals surface area contributed by atoms with Crippen molar-refractivity contribution in [2.45, 2.75) is 45.8 Å². The van der Waals surface area contributed by atoms with Crippen molar-refractivity contribution in [3.63, 3.8) is 0 Å². The summed E-state index contributed by atoms with van der Waals surface area (Å²) in [5.74, 6) is 0.520. The van der Waals surface area contributed by atoms with Crippen molar-refractivity contribution in [1.82, 2.24) is 4.98 Å². The van der Waals surface area contributed by atoms with Crippen molar-refractivity contribution in [3.05, 3.63) is 29.0 Å². The average molecular weight is 306 g/mol. The molecular formula is C15H23BN2O2S. The van der Waals surface area contributed by atoms with Gasteiger partial charge in [-0.15, -0.1) is 0 Å². The molecule has 2 heterocycles. The van der Waals surface area contributed by atoms with E-state index in [0.717, 1.165) is 16.9 Å². The summed E-state index contributed by atoms with van der Waals surface area (Å²) in [6.45, 7) is 10.1. The van der Waals surface area contributed by atoms with E-state index in [2.05, 4.69) is 17.6 Å². The van der Waals surface area contributed by atoms with Crippen LogP contribution in [0.3, 0.4) is 0 Å². The van der Waals surface area contributed by atoms with Gasteiger partial charge in [0, 0.05) is 11.4 Å². The predicted octanol–water partition coefficient (Wildman–Crippen LogP) is 2.92. The van der Waals surface area contributed by atoms with E-state index in [1.165, 1.54) is 0 Å². The summed E-state index contributed by atoms with van der Waals surface area (Å²) < 4.78 is 12.1. The Morgan fingerprint density at radius 2 is 1.86 bits per heavy atom. The smallest absolute Gasteiger partial charge is 0.400 e. The highest BCUT2D eigenvalue weighted by Gasteiger charge is 2.52. The maximum atomic E-state index is 6.05. The lowest BCUT2D eigenvalue weighted by Gasteiger charge is -2.32. The molecule has 21 heavy (non-hydrogen) atoms. The first kappa shape index (κ1) is 16.4. The van der Waals surface area contributed by atoms with Gasteiger partial charge < -0.3 is 15.0 Å². The van der Waals surface area contributed by atoms with Crippen LogP contribution in [0.5, 0.6) is 0 Å². The molecular weight excluding hydrogens is 283 g/mol. The van der Waals surface area contributed by atoms with Crippen molar-refractivity contribution >= 4 is 31.5 Å². The molecule has 0 atom stereocenters. The highest BCUT2D eigenvalue weighted by atomic mass is 32.1. The van der Waals surface area contributed by atoms with Crippen molar-refractivity contribution in [3.8, 4) is 0 Å². The summed E-state index contributed by atoms with van der Waals surface area (Å²) in [6.07, 6.45) is 1.91. The third-order valence-corrected chi connectivity index (χ3v) is 4.52. The average Bonchev–Trinajstić information content (AvgIpc) is 2.59. The summed E-state index contributed by atoms with van der Waals surface area (Å²) in [6, 6.07) is 3.75. The number of hydrogen-bond acceptors (Lipinski definition) is 5. The summed E-state index contributed by atoms with van der Waals surface area (Å²) in [7, 11) is -0.422. The molecule has 0 aliphatic carbocycles. The number of thiol groups is 1. The maximum absolute atomic E-state index is 6.05. The summed E-state index contributed by atoms with van der Waals surface area (Å²) in [4.78, 5) is 4.46. The molecule has 1 aromatic heterocycles. The standard InChI is InChI=1S/C15H23BN2O2S/c1-10-6-7-12(17)13(18-10)8-11(9-21)16-19-14(2,3)15(4,5)20-16/h6-8,21H,9,17H2,1-5H3. The highest BCUT2D eigenvalue weighted by molar-refractivity contribution is 7.80. The molecule has 0 radical (unpaired) electrons. The van der Waals surface area contributed by atoms with E-state index in [9.17, 15) is 0 Å². The monoisotopic (exact) mass is 306 g/mol. The van der Waals surface area contributed by atoms with Crippen molar-refractivity contribution in [2.24, 2.45) is 0 Å². The molecule has 0 aromatic carbocycles. The number of aryl methyl sites for hydroxylation is 1. The van der Waals surface area contributed by atoms with Gasteiger partial charge in [0.2, 0.25) is 0 Å². The molecule has 4 nitrogen and oxygen atoms in total. The molecule has 1 saturated heterocycles. The SMILES string of the molecule is Cc1ccc(N)c(C=C(CS)B2OC(C)(C)C(C)(C)O2)n1. The fourth-order valence-electron chi connectivity index (χ4n) is 2.06. The van der Waals surface area contributed by atoms with Gasteiger partial charge in [-0.3, -0.25) is 4.98 Å². The van der Waals surface area contributed by atoms with Gasteiger partial charge in [0.05, 0.1) is 22.6 Å². The number of nitrogens with zero attached hydrogens (tertiary/aromatic N) is 1. The molecule has 0 amide bonds. The summed E-state index contributed by atoms with van der Waals surface area (Å²) in [5.41, 5.74) is 8.45. The molecule has 2 N–H and O–H groups in total. The zero-order valence-corrected chi connectivity index (χ0v) is 14.2. The Morgan fingerprint density at radius 1 is 1.29 bits per heavy atom. The quantitative estimate of drug-likeness (QED) is 0.666. The van der Waals surface area contributed by atoms with Gasteiger partial charge >= 0.3 is 7.12 Å². The van der Waals surface area contributed by atoms with Gasteiger partial charge in [-0.2, -0.15) is 12.6 Å². The molecule has 1 aliphatic heterocycles. The predicted molar refractivity (Wildman–Crippen MR) is 91.3 cm³/mol. The number of pyridine rings is 1. The maximum Gasteiger partial charge on any atom is 0.491 e. The van der Waals surface area contributed by atoms with Crippen molar-refractivity contribution in [2.75, 3.05) is 11.5 Å². The third-order valence-electron chi connectivity index (χ3n) is 4.16. The first-order chi connectivity index (χ1) is 9.66. The van der Waals surface area contributed by atoms with Gasteiger partial charge in [0.25, 0.3) is 0 Å². The van der Waals surface area contributed by atoms with Crippen LogP contribution in [0.25, 0.3) is 6.08 Å². The van der Waals surface area contributed by atoms with Crippen LogP contribution in [0.2, 0.25) is 0 Å². The number of nitrogens with two attached hydrogens (primary N) is 1. The van der Waals surface area contributed by atoms with Gasteiger partial charge in [-0.1, -0.05) is 0 Å². The number of rotatable bonds is 3. The van der Waals surface area contributed by atoms with Crippen LogP contribution in [0.4, 0.5) is 5.69 Å². The minimum atomic E-state index is -0.422. The fraction of sp³-hybridized carbons (Fsp3) is 0.533. The first-order valence-corrected chi connectivity index (χ1v) is 7.69. The second-order valence-electron chi connectivity index (χ2n) is 6.39. The Bertz CT molecular complexity index is 557. The Hall–Kier alpha value is -0.975. The molecule has 1 aromatic rings. The number of anilines is 1. The Labute approximate surface area is 132 Å². The normalized spacial score (nSPS) is 20.9. The number of nitrogen functional groups attached to an aromatic ring is 1. The van der Waals surface area contributed by atoms with Gasteiger partial charge in [-0.25, -0.2) is 0 Å². The Balaban J connectivity index is 2.33. The first-order valence-electron chi connectivity index (χ1n) is 7.06. The van der Waals surface area contributed by atoms with Crippen LogP contribution in [0, 0.1) is 6.92 Å². The van der Waals surface area contributed by atoms with Gasteiger partial charge in [-0.05, 0) is 58.3 Å². The molecule has 0 saturated carbocycles. The lowest BCUT2D eigenvalue weighted by Crippen LogP contribution is -2.41. The zero-order chi connectivity index (χ0) is 15.8. The van der Waals surface area contributed by atoms with E-state index in [0.29, 0.717) is 11.4 Å². The molecule has 6 heteroatoms. The molecule has 1 aliphatic rings. The van der Waals surface area contributed by atoms with E-state index < -0.39 is 7.12 Å². The fourth-order valence-corrected chi connectivity index (χ4v) is 2.30. The van der Waals surface area contributed by atoms with Crippen LogP contribution in [0.1, 0.15) is 39.1 Å². The van der Waals surface area contributed by atoms with Crippen LogP contribution in [-0.2, 0) is 9.31 Å². The Kier molecular flexibility index (Phi) is 4.43. The lowest BCUT2D eigenvalue weighted by molar-refractivity contribution is 0.00578. The van der Waals surface area contributed by atoms with E-state index in [1.54, 1.807) is 0 Å². The zero-order valence-electron chi connectivity index (χ0n) is 13.3. The van der Waals surface area contributed by atoms with Crippen molar-refractivity contribution < 1.29 is 9.31 Å². The summed E-state index contributed by atoms with van der Waals surface area (Å²) >= 11 is 4.40. The van der Waals surface area contributed by atoms with Crippen LogP contribution in [-0.4, -0.2) is 29.1 Å². The van der Waals surface area contributed by atoms with Gasteiger partial charge in [0.1, 0.15) is 0 Å². The third kappa shape index (κ3) is 3.28. The topological polar surface area (TPSA) is 57.4 Å². The van der Waals surface area contributed by atoms with E-state index >= 15 is 0 Å². The molecule has 0 bridgehead atoms. The molecule has 0 unspecified atom stereocenters. The molecule has 114 valence electrons. The largest absolute Gasteiger partial charge is 0.491 e. The summed E-state index contributed by atoms with van der Waals surface area (Å²) in [5, 5.41) is 0. The Morgan fingerprint density at radius 3 is 2.38 bits per heavy atom. The highest BCUT2D eigenvalue weighted by Crippen LogP contribution is 2.39.